The first-order valence-corrected chi connectivity index (χ1v) is 7.55. The Labute approximate surface area is 131 Å². The van der Waals surface area contributed by atoms with E-state index in [1.54, 1.807) is 6.20 Å². The van der Waals surface area contributed by atoms with Crippen LogP contribution in [0.1, 0.15) is 46.8 Å². The molecular weight excluding hydrogens is 276 g/mol. The van der Waals surface area contributed by atoms with Crippen molar-refractivity contribution in [2.24, 2.45) is 0 Å². The van der Waals surface area contributed by atoms with E-state index in [-0.39, 0.29) is 11.9 Å². The maximum absolute atomic E-state index is 12.5. The van der Waals surface area contributed by atoms with Gasteiger partial charge in [-0.1, -0.05) is 19.1 Å². The van der Waals surface area contributed by atoms with Gasteiger partial charge in [-0.05, 0) is 45.1 Å². The molecule has 1 aromatic heterocycles. The number of aromatic nitrogens is 2. The summed E-state index contributed by atoms with van der Waals surface area (Å²) < 4.78 is 0. The second kappa shape index (κ2) is 7.22. The lowest BCUT2D eigenvalue weighted by Crippen LogP contribution is -2.29. The number of hydrogen-bond acceptors (Lipinski definition) is 3. The fourth-order valence-corrected chi connectivity index (χ4v) is 2.39. The van der Waals surface area contributed by atoms with Crippen LogP contribution in [-0.4, -0.2) is 34.9 Å². The highest BCUT2D eigenvalue weighted by Gasteiger charge is 2.16. The summed E-state index contributed by atoms with van der Waals surface area (Å²) in [4.78, 5) is 22.0. The minimum atomic E-state index is -0.0984. The van der Waals surface area contributed by atoms with Gasteiger partial charge in [0, 0.05) is 24.0 Å². The zero-order valence-electron chi connectivity index (χ0n) is 13.7. The molecule has 0 saturated carbocycles. The summed E-state index contributed by atoms with van der Waals surface area (Å²) in [5.74, 6) is 0.735. The smallest absolute Gasteiger partial charge is 0.251 e. The zero-order chi connectivity index (χ0) is 16.1. The normalized spacial score (nSPS) is 12.4. The predicted octanol–water partition coefficient (Wildman–Crippen LogP) is 2.66. The Morgan fingerprint density at radius 1 is 1.41 bits per heavy atom. The summed E-state index contributed by atoms with van der Waals surface area (Å²) in [6.07, 6.45) is 2.57. The van der Waals surface area contributed by atoms with Crippen LogP contribution in [0, 0.1) is 6.92 Å². The van der Waals surface area contributed by atoms with Crippen molar-refractivity contribution in [2.75, 3.05) is 14.1 Å². The average molecular weight is 300 g/mol. The highest BCUT2D eigenvalue weighted by molar-refractivity contribution is 5.94. The first kappa shape index (κ1) is 16.2. The molecule has 0 saturated heterocycles. The van der Waals surface area contributed by atoms with Crippen molar-refractivity contribution in [2.45, 2.75) is 32.9 Å². The third-order valence-corrected chi connectivity index (χ3v) is 3.45. The van der Waals surface area contributed by atoms with Crippen molar-refractivity contribution in [1.29, 1.82) is 0 Å². The number of imidazole rings is 1. The Kier molecular flexibility index (Phi) is 5.33. The number of rotatable bonds is 6. The van der Waals surface area contributed by atoms with E-state index in [2.05, 4.69) is 20.2 Å². The molecule has 0 spiro atoms. The maximum Gasteiger partial charge on any atom is 0.251 e. The predicted molar refractivity (Wildman–Crippen MR) is 87.7 cm³/mol. The topological polar surface area (TPSA) is 61.0 Å². The lowest BCUT2D eigenvalue weighted by Gasteiger charge is -2.16. The Hall–Kier alpha value is -2.14. The lowest BCUT2D eigenvalue weighted by atomic mass is 10.1. The van der Waals surface area contributed by atoms with Gasteiger partial charge in [-0.2, -0.15) is 0 Å². The van der Waals surface area contributed by atoms with E-state index in [1.807, 2.05) is 52.2 Å². The van der Waals surface area contributed by atoms with Gasteiger partial charge < -0.3 is 15.2 Å². The van der Waals surface area contributed by atoms with Crippen LogP contribution in [0.15, 0.2) is 30.5 Å². The van der Waals surface area contributed by atoms with Gasteiger partial charge in [0.15, 0.2) is 0 Å². The third-order valence-electron chi connectivity index (χ3n) is 3.45. The van der Waals surface area contributed by atoms with Crippen LogP contribution >= 0.6 is 0 Å². The van der Waals surface area contributed by atoms with Crippen molar-refractivity contribution in [3.63, 3.8) is 0 Å². The van der Waals surface area contributed by atoms with Crippen LogP contribution in [0.2, 0.25) is 0 Å². The lowest BCUT2D eigenvalue weighted by molar-refractivity contribution is 0.0933. The van der Waals surface area contributed by atoms with Gasteiger partial charge in [0.1, 0.15) is 5.82 Å². The van der Waals surface area contributed by atoms with Crippen molar-refractivity contribution in [1.82, 2.24) is 20.2 Å². The molecule has 2 aromatic rings. The second-order valence-corrected chi connectivity index (χ2v) is 5.82. The van der Waals surface area contributed by atoms with Gasteiger partial charge >= 0.3 is 0 Å². The molecule has 0 aliphatic carbocycles. The van der Waals surface area contributed by atoms with E-state index in [1.165, 1.54) is 0 Å². The van der Waals surface area contributed by atoms with E-state index < -0.39 is 0 Å². The molecular formula is C17H24N4O. The molecule has 2 N–H and O–H groups in total. The molecule has 0 fully saturated rings. The summed E-state index contributed by atoms with van der Waals surface area (Å²) >= 11 is 0. The van der Waals surface area contributed by atoms with E-state index in [4.69, 9.17) is 0 Å². The van der Waals surface area contributed by atoms with E-state index >= 15 is 0 Å². The summed E-state index contributed by atoms with van der Waals surface area (Å²) in [6, 6.07) is 7.64. The minimum absolute atomic E-state index is 0.0680. The molecule has 1 amide bonds. The number of carbonyl (C=O) groups is 1. The van der Waals surface area contributed by atoms with Crippen molar-refractivity contribution in [3.05, 3.63) is 53.1 Å². The van der Waals surface area contributed by atoms with Gasteiger partial charge in [-0.3, -0.25) is 4.79 Å². The van der Waals surface area contributed by atoms with E-state index in [9.17, 15) is 4.79 Å². The molecule has 5 nitrogen and oxygen atoms in total. The Bertz CT molecular complexity index is 633. The number of hydrogen-bond donors (Lipinski definition) is 2. The highest BCUT2D eigenvalue weighted by Crippen LogP contribution is 2.15. The van der Waals surface area contributed by atoms with Crippen molar-refractivity contribution in [3.8, 4) is 0 Å². The molecule has 0 aliphatic heterocycles. The summed E-state index contributed by atoms with van der Waals surface area (Å²) in [7, 11) is 4.03. The monoisotopic (exact) mass is 300 g/mol. The molecule has 1 aromatic carbocycles. The number of benzene rings is 1. The maximum atomic E-state index is 12.5. The largest absolute Gasteiger partial charge is 0.344 e. The first-order valence-electron chi connectivity index (χ1n) is 7.55. The van der Waals surface area contributed by atoms with Crippen LogP contribution in [0.5, 0.6) is 0 Å². The van der Waals surface area contributed by atoms with Crippen LogP contribution in [0.4, 0.5) is 0 Å². The Morgan fingerprint density at radius 3 is 2.77 bits per heavy atom. The molecule has 0 bridgehead atoms. The fourth-order valence-electron chi connectivity index (χ4n) is 2.39. The average Bonchev–Trinajstić information content (AvgIpc) is 2.90. The molecule has 0 unspecified atom stereocenters. The van der Waals surface area contributed by atoms with Gasteiger partial charge in [0.25, 0.3) is 5.91 Å². The number of nitrogens with zero attached hydrogens (tertiary/aromatic N) is 2. The van der Waals surface area contributed by atoms with Crippen LogP contribution in [-0.2, 0) is 6.54 Å². The Balaban J connectivity index is 2.10. The van der Waals surface area contributed by atoms with Gasteiger partial charge in [0.05, 0.1) is 6.04 Å². The summed E-state index contributed by atoms with van der Waals surface area (Å²) in [5, 5.41) is 3.05. The second-order valence-electron chi connectivity index (χ2n) is 5.82. The number of amides is 1. The number of nitrogens with one attached hydrogen (secondary N) is 2. The number of H-pyrrole nitrogens is 1. The van der Waals surface area contributed by atoms with Crippen LogP contribution in [0.3, 0.4) is 0 Å². The number of aryl methyl sites for hydroxylation is 1. The van der Waals surface area contributed by atoms with E-state index in [0.717, 1.165) is 30.0 Å². The molecule has 5 heteroatoms. The molecule has 0 radical (unpaired) electrons. The standard InChI is InChI=1S/C17H24N4O/c1-5-15(16-18-10-12(2)19-16)20-17(22)14-8-6-7-13(9-14)11-21(3)4/h6-10,15H,5,11H2,1-4H3,(H,18,19)(H,20,22)/t15-/m1/s1. The quantitative estimate of drug-likeness (QED) is 0.862. The van der Waals surface area contributed by atoms with Crippen LogP contribution in [0.25, 0.3) is 0 Å². The minimum Gasteiger partial charge on any atom is -0.344 e. The molecule has 0 aliphatic rings. The third kappa shape index (κ3) is 4.18. The first-order chi connectivity index (χ1) is 10.5. The van der Waals surface area contributed by atoms with E-state index in [0.29, 0.717) is 5.56 Å². The van der Waals surface area contributed by atoms with Gasteiger partial charge in [-0.25, -0.2) is 4.98 Å². The molecule has 22 heavy (non-hydrogen) atoms. The number of carbonyl (C=O) groups excluding carboxylic acids is 1. The molecule has 2 rings (SSSR count). The van der Waals surface area contributed by atoms with Crippen molar-refractivity contribution < 1.29 is 4.79 Å². The van der Waals surface area contributed by atoms with Crippen LogP contribution < -0.4 is 5.32 Å². The highest BCUT2D eigenvalue weighted by atomic mass is 16.1. The van der Waals surface area contributed by atoms with Gasteiger partial charge in [-0.15, -0.1) is 0 Å². The summed E-state index contributed by atoms with van der Waals surface area (Å²) in [5.41, 5.74) is 2.80. The fraction of sp³-hybridized carbons (Fsp3) is 0.412. The zero-order valence-corrected chi connectivity index (χ0v) is 13.7. The SMILES string of the molecule is CC[C@@H](NC(=O)c1cccc(CN(C)C)c1)c1ncc(C)[nH]1. The Morgan fingerprint density at radius 2 is 2.18 bits per heavy atom. The summed E-state index contributed by atoms with van der Waals surface area (Å²) in [6.45, 7) is 4.80. The number of aromatic amines is 1. The molecule has 1 heterocycles. The molecule has 1 atom stereocenters. The molecule has 118 valence electrons. The van der Waals surface area contributed by atoms with Gasteiger partial charge in [0.2, 0.25) is 0 Å². The van der Waals surface area contributed by atoms with Crippen molar-refractivity contribution >= 4 is 5.91 Å².